The van der Waals surface area contributed by atoms with Gasteiger partial charge in [-0.15, -0.1) is 0 Å². The molecular formula is C19H19BrN2O2S. The number of aromatic nitrogens is 2. The summed E-state index contributed by atoms with van der Waals surface area (Å²) in [6.07, 6.45) is 1.29. The summed E-state index contributed by atoms with van der Waals surface area (Å²) in [6, 6.07) is 17.7. The van der Waals surface area contributed by atoms with Gasteiger partial charge in [0.05, 0.1) is 18.0 Å². The standard InChI is InChI=1S/C19H19BrN2O2S/c1-22-18(14-6-3-2-4-7-14)11-21-19(22)25-13-16(23)12-24-17-9-5-8-15(20)10-17/h2-11,16,23H,12-13H2,1H3. The summed E-state index contributed by atoms with van der Waals surface area (Å²) in [4.78, 5) is 4.46. The molecule has 0 saturated heterocycles. The van der Waals surface area contributed by atoms with Gasteiger partial charge in [0, 0.05) is 17.3 Å². The Kier molecular flexibility index (Phi) is 6.18. The van der Waals surface area contributed by atoms with Gasteiger partial charge in [0.15, 0.2) is 5.16 Å². The zero-order chi connectivity index (χ0) is 17.6. The molecule has 0 bridgehead atoms. The Morgan fingerprint density at radius 1 is 1.20 bits per heavy atom. The molecule has 3 rings (SSSR count). The summed E-state index contributed by atoms with van der Waals surface area (Å²) in [7, 11) is 1.99. The van der Waals surface area contributed by atoms with Crippen LogP contribution in [0.25, 0.3) is 11.3 Å². The molecule has 1 heterocycles. The zero-order valence-electron chi connectivity index (χ0n) is 13.8. The number of hydrogen-bond donors (Lipinski definition) is 1. The Morgan fingerprint density at radius 2 is 2.00 bits per heavy atom. The van der Waals surface area contributed by atoms with E-state index in [4.69, 9.17) is 4.74 Å². The second kappa shape index (κ2) is 8.56. The summed E-state index contributed by atoms with van der Waals surface area (Å²) in [6.45, 7) is 0.249. The van der Waals surface area contributed by atoms with Gasteiger partial charge in [-0.2, -0.15) is 0 Å². The summed E-state index contributed by atoms with van der Waals surface area (Å²) < 4.78 is 8.62. The van der Waals surface area contributed by atoms with Crippen molar-refractivity contribution < 1.29 is 9.84 Å². The fourth-order valence-corrected chi connectivity index (χ4v) is 3.61. The smallest absolute Gasteiger partial charge is 0.168 e. The SMILES string of the molecule is Cn1c(-c2ccccc2)cnc1SCC(O)COc1cccc(Br)c1. The van der Waals surface area contributed by atoms with Crippen LogP contribution in [0.5, 0.6) is 5.75 Å². The minimum absolute atomic E-state index is 0.249. The number of aliphatic hydroxyl groups is 1. The van der Waals surface area contributed by atoms with Crippen molar-refractivity contribution in [3.05, 3.63) is 65.3 Å². The largest absolute Gasteiger partial charge is 0.491 e. The van der Waals surface area contributed by atoms with E-state index in [9.17, 15) is 5.11 Å². The van der Waals surface area contributed by atoms with Crippen LogP contribution < -0.4 is 4.74 Å². The first kappa shape index (κ1) is 18.0. The quantitative estimate of drug-likeness (QED) is 0.578. The van der Waals surface area contributed by atoms with Crippen LogP contribution in [-0.4, -0.2) is 33.1 Å². The van der Waals surface area contributed by atoms with Gasteiger partial charge in [-0.3, -0.25) is 0 Å². The number of aliphatic hydroxyl groups excluding tert-OH is 1. The van der Waals surface area contributed by atoms with Gasteiger partial charge >= 0.3 is 0 Å². The molecule has 0 spiro atoms. The molecule has 1 N–H and O–H groups in total. The Hall–Kier alpha value is -1.76. The molecule has 1 unspecified atom stereocenters. The van der Waals surface area contributed by atoms with Gasteiger partial charge in [-0.05, 0) is 23.8 Å². The maximum atomic E-state index is 10.2. The van der Waals surface area contributed by atoms with Gasteiger partial charge in [0.2, 0.25) is 0 Å². The Labute approximate surface area is 160 Å². The van der Waals surface area contributed by atoms with Crippen molar-refractivity contribution in [3.8, 4) is 17.0 Å². The third kappa shape index (κ3) is 4.87. The average molecular weight is 419 g/mol. The molecular weight excluding hydrogens is 400 g/mol. The maximum absolute atomic E-state index is 10.2. The first-order valence-electron chi connectivity index (χ1n) is 7.90. The van der Waals surface area contributed by atoms with Crippen LogP contribution in [0.2, 0.25) is 0 Å². The van der Waals surface area contributed by atoms with Crippen LogP contribution in [0.4, 0.5) is 0 Å². The predicted molar refractivity (Wildman–Crippen MR) is 105 cm³/mol. The van der Waals surface area contributed by atoms with Crippen molar-refractivity contribution in [2.75, 3.05) is 12.4 Å². The van der Waals surface area contributed by atoms with Crippen LogP contribution >= 0.6 is 27.7 Å². The van der Waals surface area contributed by atoms with Crippen LogP contribution in [0.15, 0.2) is 70.4 Å². The highest BCUT2D eigenvalue weighted by atomic mass is 79.9. The van der Waals surface area contributed by atoms with Crippen molar-refractivity contribution in [2.45, 2.75) is 11.3 Å². The molecule has 0 aliphatic carbocycles. The van der Waals surface area contributed by atoms with Gasteiger partial charge in [0.25, 0.3) is 0 Å². The lowest BCUT2D eigenvalue weighted by atomic mass is 10.2. The monoisotopic (exact) mass is 418 g/mol. The van der Waals surface area contributed by atoms with Gasteiger partial charge in [-0.1, -0.05) is 64.1 Å². The van der Waals surface area contributed by atoms with E-state index in [1.807, 2.05) is 60.3 Å². The molecule has 1 aromatic heterocycles. The molecule has 6 heteroatoms. The van der Waals surface area contributed by atoms with Gasteiger partial charge < -0.3 is 14.4 Å². The number of imidazole rings is 1. The van der Waals surface area contributed by atoms with Crippen LogP contribution in [-0.2, 0) is 7.05 Å². The highest BCUT2D eigenvalue weighted by Crippen LogP contribution is 2.25. The second-order valence-corrected chi connectivity index (χ2v) is 7.49. The van der Waals surface area contributed by atoms with Crippen LogP contribution in [0.3, 0.4) is 0 Å². The van der Waals surface area contributed by atoms with Crippen LogP contribution in [0, 0.1) is 0 Å². The number of ether oxygens (including phenoxy) is 1. The molecule has 25 heavy (non-hydrogen) atoms. The number of hydrogen-bond acceptors (Lipinski definition) is 4. The highest BCUT2D eigenvalue weighted by molar-refractivity contribution is 9.10. The summed E-state index contributed by atoms with van der Waals surface area (Å²) in [5, 5.41) is 11.0. The molecule has 130 valence electrons. The first-order valence-corrected chi connectivity index (χ1v) is 9.67. The second-order valence-electron chi connectivity index (χ2n) is 5.58. The molecule has 1 atom stereocenters. The van der Waals surface area contributed by atoms with Gasteiger partial charge in [-0.25, -0.2) is 4.98 Å². The lowest BCUT2D eigenvalue weighted by molar-refractivity contribution is 0.126. The first-order chi connectivity index (χ1) is 12.1. The normalized spacial score (nSPS) is 12.1. The summed E-state index contributed by atoms with van der Waals surface area (Å²) in [5.74, 6) is 1.26. The minimum atomic E-state index is -0.569. The Balaban J connectivity index is 1.54. The maximum Gasteiger partial charge on any atom is 0.168 e. The van der Waals surface area contributed by atoms with Crippen molar-refractivity contribution >= 4 is 27.7 Å². The van der Waals surface area contributed by atoms with Crippen molar-refractivity contribution in [1.29, 1.82) is 0 Å². The minimum Gasteiger partial charge on any atom is -0.491 e. The van der Waals surface area contributed by atoms with E-state index in [1.54, 1.807) is 0 Å². The van der Waals surface area contributed by atoms with E-state index in [2.05, 4.69) is 33.0 Å². The third-order valence-electron chi connectivity index (χ3n) is 3.66. The molecule has 0 amide bonds. The van der Waals surface area contributed by atoms with E-state index in [-0.39, 0.29) is 6.61 Å². The van der Waals surface area contributed by atoms with Crippen molar-refractivity contribution in [3.63, 3.8) is 0 Å². The lowest BCUT2D eigenvalue weighted by Crippen LogP contribution is -2.20. The van der Waals surface area contributed by atoms with E-state index >= 15 is 0 Å². The molecule has 0 fully saturated rings. The Bertz CT molecular complexity index is 823. The average Bonchev–Trinajstić information content (AvgIpc) is 2.99. The molecule has 4 nitrogen and oxygen atoms in total. The van der Waals surface area contributed by atoms with E-state index in [0.29, 0.717) is 5.75 Å². The van der Waals surface area contributed by atoms with E-state index in [1.165, 1.54) is 11.8 Å². The lowest BCUT2D eigenvalue weighted by Gasteiger charge is -2.12. The van der Waals surface area contributed by atoms with E-state index < -0.39 is 6.10 Å². The number of benzene rings is 2. The Morgan fingerprint density at radius 3 is 2.76 bits per heavy atom. The molecule has 0 aliphatic rings. The fourth-order valence-electron chi connectivity index (χ4n) is 2.37. The number of rotatable bonds is 7. The van der Waals surface area contributed by atoms with E-state index in [0.717, 1.165) is 26.6 Å². The van der Waals surface area contributed by atoms with Gasteiger partial charge in [0.1, 0.15) is 12.4 Å². The molecule has 0 aliphatic heterocycles. The fraction of sp³-hybridized carbons (Fsp3) is 0.211. The molecule has 2 aromatic carbocycles. The number of halogens is 1. The third-order valence-corrected chi connectivity index (χ3v) is 5.34. The predicted octanol–water partition coefficient (Wildman–Crippen LogP) is 4.38. The number of thioether (sulfide) groups is 1. The summed E-state index contributed by atoms with van der Waals surface area (Å²) in [5.41, 5.74) is 2.19. The molecule has 0 saturated carbocycles. The van der Waals surface area contributed by atoms with Crippen molar-refractivity contribution in [2.24, 2.45) is 7.05 Å². The molecule has 3 aromatic rings. The summed E-state index contributed by atoms with van der Waals surface area (Å²) >= 11 is 4.92. The van der Waals surface area contributed by atoms with Crippen LogP contribution in [0.1, 0.15) is 0 Å². The molecule has 0 radical (unpaired) electrons. The zero-order valence-corrected chi connectivity index (χ0v) is 16.2. The highest BCUT2D eigenvalue weighted by Gasteiger charge is 2.12. The number of nitrogens with zero attached hydrogens (tertiary/aromatic N) is 2. The topological polar surface area (TPSA) is 47.3 Å². The van der Waals surface area contributed by atoms with Crippen molar-refractivity contribution in [1.82, 2.24) is 9.55 Å².